The van der Waals surface area contributed by atoms with Crippen molar-refractivity contribution in [2.75, 3.05) is 6.26 Å². The summed E-state index contributed by atoms with van der Waals surface area (Å²) in [5.74, 6) is 0. The number of nitro groups is 1. The van der Waals surface area contributed by atoms with Gasteiger partial charge >= 0.3 is 0 Å². The maximum atomic E-state index is 10.9. The first-order valence-electron chi connectivity index (χ1n) is 4.79. The molecule has 0 aliphatic rings. The Hall–Kier alpha value is -2.11. The fraction of sp³-hybridized carbons (Fsp3) is 0.200. The summed E-state index contributed by atoms with van der Waals surface area (Å²) in [6, 6.07) is 4.30. The van der Waals surface area contributed by atoms with Crippen molar-refractivity contribution < 1.29 is 10.0 Å². The molecule has 0 saturated carbocycles. The van der Waals surface area contributed by atoms with Gasteiger partial charge in [-0.05, 0) is 6.26 Å². The third-order valence-corrected chi connectivity index (χ3v) is 2.61. The molecule has 0 amide bonds. The number of para-hydroxylation sites is 1. The molecule has 0 aliphatic heterocycles. The highest BCUT2D eigenvalue weighted by molar-refractivity contribution is 8.13. The Morgan fingerprint density at radius 2 is 2.44 bits per heavy atom. The van der Waals surface area contributed by atoms with Crippen LogP contribution in [-0.4, -0.2) is 21.5 Å². The van der Waals surface area contributed by atoms with E-state index < -0.39 is 4.92 Å². The topological polar surface area (TPSA) is 112 Å². The number of aliphatic imine (C=N–C) groups is 1. The van der Waals surface area contributed by atoms with Crippen LogP contribution in [0.3, 0.4) is 0 Å². The molecule has 18 heavy (non-hydrogen) atoms. The Bertz CT molecular complexity index is 524. The lowest BCUT2D eigenvalue weighted by atomic mass is 10.1. The first kappa shape index (κ1) is 14.0. The average Bonchev–Trinajstić information content (AvgIpc) is 2.37. The van der Waals surface area contributed by atoms with Crippen LogP contribution in [0, 0.1) is 21.6 Å². The van der Waals surface area contributed by atoms with Crippen LogP contribution in [0.5, 0.6) is 0 Å². The molecule has 0 aromatic heterocycles. The molecule has 8 heteroatoms. The average molecular weight is 266 g/mol. The molecule has 1 aromatic rings. The summed E-state index contributed by atoms with van der Waals surface area (Å²) in [6.07, 6.45) is 3.37. The van der Waals surface area contributed by atoms with Crippen molar-refractivity contribution in [3.63, 3.8) is 0 Å². The van der Waals surface area contributed by atoms with Crippen LogP contribution >= 0.6 is 11.8 Å². The smallest absolute Gasteiger partial charge is 0.295 e. The lowest BCUT2D eigenvalue weighted by Gasteiger charge is -2.05. The van der Waals surface area contributed by atoms with E-state index in [2.05, 4.69) is 10.3 Å². The molecule has 94 valence electrons. The van der Waals surface area contributed by atoms with E-state index in [1.165, 1.54) is 18.2 Å². The number of aliphatic hydroxyl groups excluding tert-OH is 1. The van der Waals surface area contributed by atoms with Gasteiger partial charge in [0.05, 0.1) is 11.5 Å². The zero-order chi connectivity index (χ0) is 13.5. The summed E-state index contributed by atoms with van der Waals surface area (Å²) in [5, 5.41) is 31.1. The number of nitrogens with zero attached hydrogens (tertiary/aromatic N) is 3. The van der Waals surface area contributed by atoms with Crippen molar-refractivity contribution in [1.82, 2.24) is 5.32 Å². The van der Waals surface area contributed by atoms with E-state index in [1.807, 2.05) is 0 Å². The Labute approximate surface area is 107 Å². The minimum absolute atomic E-state index is 0.0529. The van der Waals surface area contributed by atoms with Gasteiger partial charge in [-0.25, -0.2) is 4.99 Å². The normalized spacial score (nSPS) is 10.8. The van der Waals surface area contributed by atoms with Gasteiger partial charge in [0, 0.05) is 11.6 Å². The van der Waals surface area contributed by atoms with E-state index in [4.69, 9.17) is 10.4 Å². The molecule has 0 spiro atoms. The monoisotopic (exact) mass is 266 g/mol. The second kappa shape index (κ2) is 6.58. The molecule has 0 radical (unpaired) electrons. The summed E-state index contributed by atoms with van der Waals surface area (Å²) in [4.78, 5) is 14.3. The van der Waals surface area contributed by atoms with Crippen LogP contribution in [0.2, 0.25) is 0 Å². The number of nitrogens with one attached hydrogen (secondary N) is 1. The lowest BCUT2D eigenvalue weighted by Crippen LogP contribution is -2.12. The van der Waals surface area contributed by atoms with Crippen LogP contribution in [0.1, 0.15) is 5.56 Å². The van der Waals surface area contributed by atoms with E-state index >= 15 is 0 Å². The minimum atomic E-state index is -0.581. The molecule has 1 rings (SSSR count). The fourth-order valence-corrected chi connectivity index (χ4v) is 1.59. The highest BCUT2D eigenvalue weighted by atomic mass is 32.2. The summed E-state index contributed by atoms with van der Waals surface area (Å²) in [7, 11) is 0. The largest absolute Gasteiger partial charge is 0.392 e. The Balaban J connectivity index is 3.36. The van der Waals surface area contributed by atoms with Crippen LogP contribution in [0.25, 0.3) is 0 Å². The van der Waals surface area contributed by atoms with Crippen LogP contribution in [0.15, 0.2) is 23.2 Å². The number of aliphatic hydroxyl groups is 1. The Morgan fingerprint density at radius 3 is 2.94 bits per heavy atom. The number of nitro benzene ring substituents is 1. The van der Waals surface area contributed by atoms with Gasteiger partial charge in [0.2, 0.25) is 0 Å². The molecule has 0 aliphatic carbocycles. The van der Waals surface area contributed by atoms with E-state index in [0.29, 0.717) is 5.56 Å². The molecule has 0 bridgehead atoms. The van der Waals surface area contributed by atoms with Gasteiger partial charge in [-0.1, -0.05) is 23.9 Å². The van der Waals surface area contributed by atoms with Crippen molar-refractivity contribution in [3.8, 4) is 6.19 Å². The van der Waals surface area contributed by atoms with Gasteiger partial charge in [0.1, 0.15) is 5.69 Å². The van der Waals surface area contributed by atoms with Gasteiger partial charge in [0.15, 0.2) is 11.4 Å². The molecular formula is C10H10N4O3S. The second-order valence-electron chi connectivity index (χ2n) is 3.06. The van der Waals surface area contributed by atoms with Gasteiger partial charge in [-0.15, -0.1) is 0 Å². The maximum absolute atomic E-state index is 10.9. The van der Waals surface area contributed by atoms with E-state index in [0.717, 1.165) is 11.8 Å². The Morgan fingerprint density at radius 1 is 1.72 bits per heavy atom. The van der Waals surface area contributed by atoms with E-state index in [1.54, 1.807) is 12.4 Å². The lowest BCUT2D eigenvalue weighted by molar-refractivity contribution is -0.384. The molecule has 7 nitrogen and oxygen atoms in total. The first-order chi connectivity index (χ1) is 8.63. The summed E-state index contributed by atoms with van der Waals surface area (Å²) < 4.78 is 0. The zero-order valence-corrected chi connectivity index (χ0v) is 10.3. The van der Waals surface area contributed by atoms with Crippen LogP contribution in [0.4, 0.5) is 11.4 Å². The molecule has 0 saturated heterocycles. The first-order valence-corrected chi connectivity index (χ1v) is 6.01. The van der Waals surface area contributed by atoms with E-state index in [9.17, 15) is 10.1 Å². The maximum Gasteiger partial charge on any atom is 0.295 e. The highest BCUT2D eigenvalue weighted by Crippen LogP contribution is 2.31. The predicted octanol–water partition coefficient (Wildman–Crippen LogP) is 1.51. The van der Waals surface area contributed by atoms with Crippen LogP contribution < -0.4 is 5.32 Å². The van der Waals surface area contributed by atoms with E-state index in [-0.39, 0.29) is 23.1 Å². The highest BCUT2D eigenvalue weighted by Gasteiger charge is 2.17. The van der Waals surface area contributed by atoms with Gasteiger partial charge in [0.25, 0.3) is 5.69 Å². The molecule has 2 N–H and O–H groups in total. The summed E-state index contributed by atoms with van der Waals surface area (Å²) in [6.45, 7) is -0.366. The number of thioether (sulfide) groups is 1. The fourth-order valence-electron chi connectivity index (χ4n) is 1.26. The molecule has 0 fully saturated rings. The van der Waals surface area contributed by atoms with Crippen molar-refractivity contribution in [3.05, 3.63) is 33.9 Å². The van der Waals surface area contributed by atoms with Gasteiger partial charge in [-0.2, -0.15) is 5.26 Å². The quantitative estimate of drug-likeness (QED) is 0.214. The van der Waals surface area contributed by atoms with Crippen LogP contribution in [-0.2, 0) is 6.61 Å². The number of nitriles is 1. The standard InChI is InChI=1S/C10H10N4O3S/c1-18-10(12-6-11)13-9-7(5-15)3-2-4-8(9)14(16)17/h2-4,15H,5H2,1H3,(H,12,13). The molecule has 0 atom stereocenters. The van der Waals surface area contributed by atoms with Crippen molar-refractivity contribution >= 4 is 28.3 Å². The molecule has 1 aromatic carbocycles. The third-order valence-electron chi connectivity index (χ3n) is 2.03. The third kappa shape index (κ3) is 3.19. The number of hydrogen-bond acceptors (Lipinski definition) is 6. The predicted molar refractivity (Wildman–Crippen MR) is 68.4 cm³/mol. The Kier molecular flexibility index (Phi) is 5.10. The minimum Gasteiger partial charge on any atom is -0.392 e. The number of benzene rings is 1. The molecular weight excluding hydrogens is 256 g/mol. The van der Waals surface area contributed by atoms with Crippen molar-refractivity contribution in [1.29, 1.82) is 5.26 Å². The molecule has 0 unspecified atom stereocenters. The SMILES string of the molecule is CSC(=Nc1c(CO)cccc1[N+](=O)[O-])NC#N. The van der Waals surface area contributed by atoms with Crippen molar-refractivity contribution in [2.24, 2.45) is 4.99 Å². The zero-order valence-electron chi connectivity index (χ0n) is 9.45. The number of rotatable bonds is 3. The molecule has 0 heterocycles. The summed E-state index contributed by atoms with van der Waals surface area (Å²) >= 11 is 1.14. The summed E-state index contributed by atoms with van der Waals surface area (Å²) in [5.41, 5.74) is 0.167. The number of hydrogen-bond donors (Lipinski definition) is 2. The second-order valence-corrected chi connectivity index (χ2v) is 3.85. The number of amidine groups is 1. The van der Waals surface area contributed by atoms with Gasteiger partial charge < -0.3 is 5.11 Å². The van der Waals surface area contributed by atoms with Gasteiger partial charge in [-0.3, -0.25) is 15.4 Å². The van der Waals surface area contributed by atoms with Crippen molar-refractivity contribution in [2.45, 2.75) is 6.61 Å².